The molecule has 0 bridgehead atoms. The minimum absolute atomic E-state index is 0.906. The number of furan rings is 1. The van der Waals surface area contributed by atoms with Gasteiger partial charge in [0.05, 0.1) is 0 Å². The molecule has 0 unspecified atom stereocenters. The predicted octanol–water partition coefficient (Wildman–Crippen LogP) is 13.7. The fourth-order valence-electron chi connectivity index (χ4n) is 7.98. The highest BCUT2D eigenvalue weighted by molar-refractivity contribution is 6.29. The largest absolute Gasteiger partial charge is 0.455 e. The van der Waals surface area contributed by atoms with E-state index >= 15 is 0 Å². The summed E-state index contributed by atoms with van der Waals surface area (Å²) >= 11 is 0. The Morgan fingerprint density at radius 2 is 0.735 bits per heavy atom. The molecule has 1 aromatic heterocycles. The molecule has 10 rings (SSSR count). The van der Waals surface area contributed by atoms with E-state index in [4.69, 9.17) is 4.42 Å². The van der Waals surface area contributed by atoms with Crippen molar-refractivity contribution in [3.8, 4) is 44.5 Å². The molecule has 9 aromatic carbocycles. The molecule has 0 radical (unpaired) electrons. The number of hydrogen-bond donors (Lipinski definition) is 0. The second kappa shape index (κ2) is 11.1. The van der Waals surface area contributed by atoms with E-state index in [1.165, 1.54) is 71.3 Å². The standard InChI is InChI=1S/C48H30O/c1-3-16-31(17-4-1)34-27-15-28-35(32-18-5-2-6-19-32)44(34)45-38-23-9-11-25-40(38)46(41-26-12-10-24-39(41)45)47-36-21-8-7-20-33(36)30-42-37-22-13-14-29-43(37)49-48(42)47/h1-30H. The van der Waals surface area contributed by atoms with Gasteiger partial charge in [-0.2, -0.15) is 0 Å². The van der Waals surface area contributed by atoms with E-state index in [-0.39, 0.29) is 0 Å². The van der Waals surface area contributed by atoms with Crippen molar-refractivity contribution in [1.82, 2.24) is 0 Å². The van der Waals surface area contributed by atoms with Gasteiger partial charge in [-0.15, -0.1) is 0 Å². The van der Waals surface area contributed by atoms with Crippen LogP contribution in [0.15, 0.2) is 186 Å². The molecule has 1 heterocycles. The van der Waals surface area contributed by atoms with Crippen LogP contribution in [0.2, 0.25) is 0 Å². The van der Waals surface area contributed by atoms with Crippen molar-refractivity contribution in [3.63, 3.8) is 0 Å². The maximum atomic E-state index is 6.81. The van der Waals surface area contributed by atoms with Gasteiger partial charge in [0.1, 0.15) is 11.2 Å². The maximum Gasteiger partial charge on any atom is 0.143 e. The maximum absolute atomic E-state index is 6.81. The quantitative estimate of drug-likeness (QED) is 0.178. The molecular weight excluding hydrogens is 593 g/mol. The van der Waals surface area contributed by atoms with Gasteiger partial charge < -0.3 is 4.42 Å². The van der Waals surface area contributed by atoms with E-state index in [2.05, 4.69) is 182 Å². The lowest BCUT2D eigenvalue weighted by molar-refractivity contribution is 0.670. The molecule has 10 aromatic rings. The first-order chi connectivity index (χ1) is 24.3. The Morgan fingerprint density at radius 1 is 0.286 bits per heavy atom. The van der Waals surface area contributed by atoms with E-state index in [1.54, 1.807) is 0 Å². The second-order valence-corrected chi connectivity index (χ2v) is 12.7. The first-order valence-electron chi connectivity index (χ1n) is 16.9. The van der Waals surface area contributed by atoms with Crippen molar-refractivity contribution >= 4 is 54.3 Å². The van der Waals surface area contributed by atoms with E-state index < -0.39 is 0 Å². The normalized spacial score (nSPS) is 11.7. The molecular formula is C48H30O. The van der Waals surface area contributed by atoms with Crippen molar-refractivity contribution in [2.75, 3.05) is 0 Å². The van der Waals surface area contributed by atoms with Gasteiger partial charge in [-0.05, 0) is 77.8 Å². The van der Waals surface area contributed by atoms with Gasteiger partial charge in [0.25, 0.3) is 0 Å². The van der Waals surface area contributed by atoms with Gasteiger partial charge in [0.15, 0.2) is 0 Å². The molecule has 0 N–H and O–H groups in total. The molecule has 0 aliphatic carbocycles. The van der Waals surface area contributed by atoms with Gasteiger partial charge in [0, 0.05) is 21.9 Å². The summed E-state index contributed by atoms with van der Waals surface area (Å²) in [6.45, 7) is 0. The predicted molar refractivity (Wildman–Crippen MR) is 208 cm³/mol. The lowest BCUT2D eigenvalue weighted by Gasteiger charge is -2.23. The zero-order valence-corrected chi connectivity index (χ0v) is 26.7. The number of benzene rings is 9. The molecule has 1 nitrogen and oxygen atoms in total. The zero-order valence-electron chi connectivity index (χ0n) is 26.7. The summed E-state index contributed by atoms with van der Waals surface area (Å²) in [4.78, 5) is 0. The highest BCUT2D eigenvalue weighted by Gasteiger charge is 2.25. The number of rotatable bonds is 4. The Morgan fingerprint density at radius 3 is 1.31 bits per heavy atom. The summed E-state index contributed by atoms with van der Waals surface area (Å²) in [6, 6.07) is 65.7. The molecule has 49 heavy (non-hydrogen) atoms. The zero-order chi connectivity index (χ0) is 32.3. The summed E-state index contributed by atoms with van der Waals surface area (Å²) in [5.41, 5.74) is 11.5. The molecule has 0 aliphatic heterocycles. The van der Waals surface area contributed by atoms with E-state index in [0.29, 0.717) is 0 Å². The van der Waals surface area contributed by atoms with E-state index in [9.17, 15) is 0 Å². The highest BCUT2D eigenvalue weighted by Crippen LogP contribution is 2.51. The summed E-state index contributed by atoms with van der Waals surface area (Å²) < 4.78 is 6.81. The first-order valence-corrected chi connectivity index (χ1v) is 16.9. The fraction of sp³-hybridized carbons (Fsp3) is 0. The molecule has 0 spiro atoms. The van der Waals surface area contributed by atoms with E-state index in [0.717, 1.165) is 27.5 Å². The van der Waals surface area contributed by atoms with Crippen molar-refractivity contribution in [2.45, 2.75) is 0 Å². The Labute approximate surface area is 284 Å². The van der Waals surface area contributed by atoms with Crippen LogP contribution in [-0.4, -0.2) is 0 Å². The second-order valence-electron chi connectivity index (χ2n) is 12.7. The van der Waals surface area contributed by atoms with Crippen molar-refractivity contribution < 1.29 is 4.42 Å². The van der Waals surface area contributed by atoms with Crippen LogP contribution in [-0.2, 0) is 0 Å². The van der Waals surface area contributed by atoms with Crippen LogP contribution in [0.25, 0.3) is 98.8 Å². The molecule has 0 saturated carbocycles. The summed E-state index contributed by atoms with van der Waals surface area (Å²) in [7, 11) is 0. The van der Waals surface area contributed by atoms with Crippen molar-refractivity contribution in [2.24, 2.45) is 0 Å². The molecule has 0 aliphatic rings. The van der Waals surface area contributed by atoms with Gasteiger partial charge >= 0.3 is 0 Å². The monoisotopic (exact) mass is 622 g/mol. The fourth-order valence-corrected chi connectivity index (χ4v) is 7.98. The van der Waals surface area contributed by atoms with Gasteiger partial charge in [-0.3, -0.25) is 0 Å². The summed E-state index contributed by atoms with van der Waals surface area (Å²) in [6.07, 6.45) is 0. The number of fused-ring (bicyclic) bond motifs is 6. The third-order valence-corrected chi connectivity index (χ3v) is 10.1. The van der Waals surface area contributed by atoms with Crippen LogP contribution in [0, 0.1) is 0 Å². The average Bonchev–Trinajstić information content (AvgIpc) is 3.55. The summed E-state index contributed by atoms with van der Waals surface area (Å²) in [5, 5.41) is 9.51. The number of para-hydroxylation sites is 1. The van der Waals surface area contributed by atoms with Crippen molar-refractivity contribution in [3.05, 3.63) is 182 Å². The highest BCUT2D eigenvalue weighted by atomic mass is 16.3. The molecule has 1 heteroatoms. The summed E-state index contributed by atoms with van der Waals surface area (Å²) in [5.74, 6) is 0. The van der Waals surface area contributed by atoms with Crippen LogP contribution >= 0.6 is 0 Å². The minimum atomic E-state index is 0.906. The molecule has 0 atom stereocenters. The van der Waals surface area contributed by atoms with Crippen LogP contribution in [0.5, 0.6) is 0 Å². The van der Waals surface area contributed by atoms with Crippen LogP contribution in [0.1, 0.15) is 0 Å². The van der Waals surface area contributed by atoms with Gasteiger partial charge in [-0.25, -0.2) is 0 Å². The third kappa shape index (κ3) is 4.26. The molecule has 0 fully saturated rings. The van der Waals surface area contributed by atoms with Gasteiger partial charge in [-0.1, -0.05) is 170 Å². The van der Waals surface area contributed by atoms with Crippen LogP contribution < -0.4 is 0 Å². The Balaban J connectivity index is 1.42. The van der Waals surface area contributed by atoms with Crippen LogP contribution in [0.3, 0.4) is 0 Å². The third-order valence-electron chi connectivity index (χ3n) is 10.1. The number of hydrogen-bond acceptors (Lipinski definition) is 1. The van der Waals surface area contributed by atoms with E-state index in [1.807, 2.05) is 0 Å². The smallest absolute Gasteiger partial charge is 0.143 e. The molecule has 0 amide bonds. The topological polar surface area (TPSA) is 13.1 Å². The molecule has 228 valence electrons. The minimum Gasteiger partial charge on any atom is -0.455 e. The Hall–Kier alpha value is -6.44. The average molecular weight is 623 g/mol. The molecule has 0 saturated heterocycles. The lowest BCUT2D eigenvalue weighted by atomic mass is 9.80. The lowest BCUT2D eigenvalue weighted by Crippen LogP contribution is -1.96. The van der Waals surface area contributed by atoms with Gasteiger partial charge in [0.2, 0.25) is 0 Å². The Bertz CT molecular complexity index is 2750. The Kier molecular flexibility index (Phi) is 6.25. The SMILES string of the molecule is c1ccc(-c2cccc(-c3ccccc3)c2-c2c3ccccc3c(-c3c4ccccc4cc4c3oc3ccccc34)c3ccccc23)cc1. The van der Waals surface area contributed by atoms with Crippen molar-refractivity contribution in [1.29, 1.82) is 0 Å². The van der Waals surface area contributed by atoms with Crippen LogP contribution in [0.4, 0.5) is 0 Å². The first kappa shape index (κ1) is 27.7.